The third-order valence-electron chi connectivity index (χ3n) is 5.00. The second kappa shape index (κ2) is 11.1. The zero-order chi connectivity index (χ0) is 23.0. The van der Waals surface area contributed by atoms with Crippen LogP contribution in [0.1, 0.15) is 12.8 Å². The van der Waals surface area contributed by atoms with Gasteiger partial charge in [0.05, 0.1) is 30.3 Å². The first-order valence-electron chi connectivity index (χ1n) is 10.3. The first-order valence-corrected chi connectivity index (χ1v) is 11.8. The topological polar surface area (TPSA) is 114 Å². The standard InChI is InChI=1S/C22H27N3O6S/c1-30-20-12-6-5-11-19(20)25(16-21(26)23-14-17-8-7-13-31-17)22(27)15-24-32(28,29)18-9-3-2-4-10-18/h2-6,9-12,17,24H,7-8,13-16H2,1H3,(H,23,26)/t17-/m1/s1. The van der Waals surface area contributed by atoms with Crippen molar-refractivity contribution < 1.29 is 27.5 Å². The summed E-state index contributed by atoms with van der Waals surface area (Å²) in [7, 11) is -2.43. The summed E-state index contributed by atoms with van der Waals surface area (Å²) in [4.78, 5) is 26.8. The van der Waals surface area contributed by atoms with Gasteiger partial charge in [-0.25, -0.2) is 13.1 Å². The highest BCUT2D eigenvalue weighted by atomic mass is 32.2. The molecule has 0 unspecified atom stereocenters. The van der Waals surface area contributed by atoms with E-state index in [9.17, 15) is 18.0 Å². The zero-order valence-corrected chi connectivity index (χ0v) is 18.6. The third-order valence-corrected chi connectivity index (χ3v) is 6.41. The van der Waals surface area contributed by atoms with E-state index < -0.39 is 22.5 Å². The van der Waals surface area contributed by atoms with E-state index >= 15 is 0 Å². The fourth-order valence-electron chi connectivity index (χ4n) is 3.33. The molecule has 2 aromatic carbocycles. The summed E-state index contributed by atoms with van der Waals surface area (Å²) in [6, 6.07) is 14.5. The molecule has 1 aliphatic heterocycles. The maximum atomic E-state index is 13.0. The van der Waals surface area contributed by atoms with E-state index in [0.29, 0.717) is 24.6 Å². The number of hydrogen-bond acceptors (Lipinski definition) is 6. The molecule has 9 nitrogen and oxygen atoms in total. The second-order valence-corrected chi connectivity index (χ2v) is 9.00. The Morgan fingerprint density at radius 1 is 1.12 bits per heavy atom. The number of benzene rings is 2. The number of rotatable bonds is 10. The van der Waals surface area contributed by atoms with Crippen LogP contribution in [0.3, 0.4) is 0 Å². The average molecular weight is 462 g/mol. The van der Waals surface area contributed by atoms with Gasteiger partial charge in [0, 0.05) is 13.2 Å². The largest absolute Gasteiger partial charge is 0.495 e. The number of ether oxygens (including phenoxy) is 2. The van der Waals surface area contributed by atoms with Gasteiger partial charge >= 0.3 is 0 Å². The Kier molecular flexibility index (Phi) is 8.20. The Hall–Kier alpha value is -2.95. The Bertz CT molecular complexity index is 1020. The van der Waals surface area contributed by atoms with E-state index in [-0.39, 0.29) is 23.5 Å². The van der Waals surface area contributed by atoms with Crippen molar-refractivity contribution in [3.8, 4) is 5.75 Å². The lowest BCUT2D eigenvalue weighted by Crippen LogP contribution is -2.46. The molecule has 10 heteroatoms. The summed E-state index contributed by atoms with van der Waals surface area (Å²) < 4.78 is 38.1. The monoisotopic (exact) mass is 461 g/mol. The van der Waals surface area contributed by atoms with E-state index in [1.54, 1.807) is 42.5 Å². The molecule has 1 saturated heterocycles. The molecule has 0 aromatic heterocycles. The Morgan fingerprint density at radius 2 is 1.84 bits per heavy atom. The molecule has 1 fully saturated rings. The smallest absolute Gasteiger partial charge is 0.242 e. The lowest BCUT2D eigenvalue weighted by molar-refractivity contribution is -0.123. The van der Waals surface area contributed by atoms with Crippen LogP contribution in [0, 0.1) is 0 Å². The van der Waals surface area contributed by atoms with Crippen LogP contribution in [0.15, 0.2) is 59.5 Å². The summed E-state index contributed by atoms with van der Waals surface area (Å²) in [5.41, 5.74) is 0.367. The Labute approximate surface area is 187 Å². The van der Waals surface area contributed by atoms with E-state index in [4.69, 9.17) is 9.47 Å². The highest BCUT2D eigenvalue weighted by Gasteiger charge is 2.25. The molecule has 2 N–H and O–H groups in total. The molecule has 0 spiro atoms. The van der Waals surface area contributed by atoms with Crippen molar-refractivity contribution in [2.75, 3.05) is 38.3 Å². The number of nitrogens with one attached hydrogen (secondary N) is 2. The van der Waals surface area contributed by atoms with Gasteiger partial charge in [-0.15, -0.1) is 0 Å². The van der Waals surface area contributed by atoms with Crippen molar-refractivity contribution in [3.63, 3.8) is 0 Å². The van der Waals surface area contributed by atoms with Gasteiger partial charge in [0.2, 0.25) is 21.8 Å². The molecule has 172 valence electrons. The van der Waals surface area contributed by atoms with E-state index in [1.165, 1.54) is 24.1 Å². The minimum atomic E-state index is -3.88. The molecular formula is C22H27N3O6S. The number of sulfonamides is 1. The van der Waals surface area contributed by atoms with Crippen LogP contribution < -0.4 is 19.7 Å². The number of hydrogen-bond donors (Lipinski definition) is 2. The SMILES string of the molecule is COc1ccccc1N(CC(=O)NC[C@H]1CCCO1)C(=O)CNS(=O)(=O)c1ccccc1. The molecule has 0 saturated carbocycles. The third kappa shape index (κ3) is 6.28. The summed E-state index contributed by atoms with van der Waals surface area (Å²) in [5.74, 6) is -0.592. The van der Waals surface area contributed by atoms with Gasteiger partial charge in [0.25, 0.3) is 0 Å². The van der Waals surface area contributed by atoms with Crippen molar-refractivity contribution in [3.05, 3.63) is 54.6 Å². The highest BCUT2D eigenvalue weighted by Crippen LogP contribution is 2.27. The maximum Gasteiger partial charge on any atom is 0.242 e. The molecule has 2 aromatic rings. The van der Waals surface area contributed by atoms with Crippen LogP contribution in [0.5, 0.6) is 5.75 Å². The van der Waals surface area contributed by atoms with Crippen LogP contribution in [-0.4, -0.2) is 59.7 Å². The van der Waals surface area contributed by atoms with Crippen molar-refractivity contribution in [2.45, 2.75) is 23.8 Å². The highest BCUT2D eigenvalue weighted by molar-refractivity contribution is 7.89. The summed E-state index contributed by atoms with van der Waals surface area (Å²) in [6.45, 7) is 0.217. The Balaban J connectivity index is 1.72. The quantitative estimate of drug-likeness (QED) is 0.551. The van der Waals surface area contributed by atoms with Crippen molar-refractivity contribution in [2.24, 2.45) is 0 Å². The summed E-state index contributed by atoms with van der Waals surface area (Å²) in [6.07, 6.45) is 1.79. The fraction of sp³-hybridized carbons (Fsp3) is 0.364. The van der Waals surface area contributed by atoms with Crippen LogP contribution in [0.2, 0.25) is 0 Å². The zero-order valence-electron chi connectivity index (χ0n) is 17.8. The predicted octanol–water partition coefficient (Wildman–Crippen LogP) is 1.30. The van der Waals surface area contributed by atoms with Crippen LogP contribution >= 0.6 is 0 Å². The molecule has 0 bridgehead atoms. The first-order chi connectivity index (χ1) is 15.4. The molecule has 0 aliphatic carbocycles. The maximum absolute atomic E-state index is 13.0. The lowest BCUT2D eigenvalue weighted by atomic mass is 10.2. The van der Waals surface area contributed by atoms with Gasteiger partial charge in [-0.3, -0.25) is 14.5 Å². The molecule has 2 amide bonds. The van der Waals surface area contributed by atoms with E-state index in [0.717, 1.165) is 12.8 Å². The number of amides is 2. The number of carbonyl (C=O) groups is 2. The normalized spacial score (nSPS) is 15.8. The van der Waals surface area contributed by atoms with Gasteiger partial charge in [-0.1, -0.05) is 30.3 Å². The second-order valence-electron chi connectivity index (χ2n) is 7.23. The number of anilines is 1. The number of para-hydroxylation sites is 2. The van der Waals surface area contributed by atoms with Crippen LogP contribution in [0.4, 0.5) is 5.69 Å². The molecular weight excluding hydrogens is 434 g/mol. The summed E-state index contributed by atoms with van der Waals surface area (Å²) >= 11 is 0. The Morgan fingerprint density at radius 3 is 2.53 bits per heavy atom. The average Bonchev–Trinajstić information content (AvgIpc) is 3.34. The predicted molar refractivity (Wildman–Crippen MR) is 119 cm³/mol. The van der Waals surface area contributed by atoms with Gasteiger partial charge < -0.3 is 14.8 Å². The summed E-state index contributed by atoms with van der Waals surface area (Å²) in [5, 5.41) is 2.78. The molecule has 1 heterocycles. The minimum absolute atomic E-state index is 0.0351. The van der Waals surface area contributed by atoms with Gasteiger partial charge in [0.15, 0.2) is 0 Å². The van der Waals surface area contributed by atoms with Crippen LogP contribution in [-0.2, 0) is 24.3 Å². The molecule has 32 heavy (non-hydrogen) atoms. The fourth-order valence-corrected chi connectivity index (χ4v) is 4.32. The van der Waals surface area contributed by atoms with Crippen LogP contribution in [0.25, 0.3) is 0 Å². The molecule has 1 atom stereocenters. The van der Waals surface area contributed by atoms with Gasteiger partial charge in [-0.05, 0) is 37.1 Å². The number of nitrogens with zero attached hydrogens (tertiary/aromatic N) is 1. The molecule has 0 radical (unpaired) electrons. The minimum Gasteiger partial charge on any atom is -0.495 e. The molecule has 3 rings (SSSR count). The van der Waals surface area contributed by atoms with E-state index in [1.807, 2.05) is 0 Å². The van der Waals surface area contributed by atoms with Crippen molar-refractivity contribution in [1.29, 1.82) is 0 Å². The van der Waals surface area contributed by atoms with Crippen molar-refractivity contribution in [1.82, 2.24) is 10.0 Å². The van der Waals surface area contributed by atoms with E-state index in [2.05, 4.69) is 10.0 Å². The molecule has 1 aliphatic rings. The van der Waals surface area contributed by atoms with Crippen molar-refractivity contribution >= 4 is 27.5 Å². The first kappa shape index (κ1) is 23.7. The lowest BCUT2D eigenvalue weighted by Gasteiger charge is -2.24. The number of carbonyl (C=O) groups excluding carboxylic acids is 2. The van der Waals surface area contributed by atoms with Gasteiger partial charge in [0.1, 0.15) is 12.3 Å². The van der Waals surface area contributed by atoms with Gasteiger partial charge in [-0.2, -0.15) is 0 Å². The number of methoxy groups -OCH3 is 1.